The molecule has 2 fully saturated rings. The Bertz CT molecular complexity index is 1600. The number of likely N-dealkylation sites (tertiary alicyclic amines) is 1. The molecule has 3 amide bonds. The van der Waals surface area contributed by atoms with E-state index in [0.29, 0.717) is 36.4 Å². The third kappa shape index (κ3) is 6.06. The van der Waals surface area contributed by atoms with Gasteiger partial charge in [-0.3, -0.25) is 19.2 Å². The van der Waals surface area contributed by atoms with Crippen LogP contribution in [0.25, 0.3) is 0 Å². The Hall–Kier alpha value is -3.99. The van der Waals surface area contributed by atoms with Gasteiger partial charge in [-0.1, -0.05) is 78.4 Å². The summed E-state index contributed by atoms with van der Waals surface area (Å²) >= 11 is 6.65. The number of carbonyl (C=O) groups is 4. The molecule has 6 rings (SSSR count). The van der Waals surface area contributed by atoms with E-state index in [1.54, 1.807) is 58.2 Å². The summed E-state index contributed by atoms with van der Waals surface area (Å²) in [4.78, 5) is 61.7. The van der Waals surface area contributed by atoms with E-state index in [1.165, 1.54) is 0 Å². The zero-order valence-electron chi connectivity index (χ0n) is 27.2. The molecule has 0 saturated carbocycles. The maximum atomic E-state index is 14.9. The number of benzene rings is 2. The number of halogens is 1. The van der Waals surface area contributed by atoms with Crippen LogP contribution in [0.5, 0.6) is 0 Å². The summed E-state index contributed by atoms with van der Waals surface area (Å²) in [5, 5.41) is 9.74. The fourth-order valence-corrected chi connectivity index (χ4v) is 7.79. The highest BCUT2D eigenvalue weighted by Crippen LogP contribution is 2.56. The first-order valence-corrected chi connectivity index (χ1v) is 17.1. The Kier molecular flexibility index (Phi) is 10.1. The van der Waals surface area contributed by atoms with Gasteiger partial charge >= 0.3 is 5.97 Å². The van der Waals surface area contributed by atoms with Crippen LogP contribution < -0.4 is 4.90 Å². The van der Waals surface area contributed by atoms with E-state index in [4.69, 9.17) is 21.1 Å². The Morgan fingerprint density at radius 2 is 1.71 bits per heavy atom. The van der Waals surface area contributed by atoms with Gasteiger partial charge in [-0.15, -0.1) is 0 Å². The highest BCUT2D eigenvalue weighted by atomic mass is 35.5. The molecule has 4 heterocycles. The standard InChI is InChI=1S/C37H42ClN3O7/c1-24-32(25-14-6-3-7-15-25)47-36(46)30-28-19-20-37(48-28)31(30)34(44)41(22-12-5-13-23-42)33(37)35(45)40(27-17-10-9-16-26(27)38)21-11-4-8-18-29(43)39(24)2/h3-4,6-7,9-11,14-17,19-20,24,28,30-33,42H,5,8,12-13,18,21-23H2,1-2H3/b11-4-/t24-,28+,30-,31-,32+,33+,37-/m1/s1. The molecular formula is C37H42ClN3O7. The van der Waals surface area contributed by atoms with Gasteiger partial charge in [0.2, 0.25) is 11.8 Å². The molecule has 2 aromatic carbocycles. The molecule has 48 heavy (non-hydrogen) atoms. The van der Waals surface area contributed by atoms with Crippen molar-refractivity contribution in [1.29, 1.82) is 0 Å². The fourth-order valence-electron chi connectivity index (χ4n) is 7.56. The van der Waals surface area contributed by atoms with Crippen LogP contribution in [0.1, 0.15) is 50.7 Å². The second-order valence-electron chi connectivity index (χ2n) is 12.9. The molecule has 4 aliphatic rings. The highest BCUT2D eigenvalue weighted by molar-refractivity contribution is 6.34. The highest BCUT2D eigenvalue weighted by Gasteiger charge is 2.73. The Balaban J connectivity index is 1.45. The number of hydrogen-bond acceptors (Lipinski definition) is 7. The number of aliphatic hydroxyl groups is 1. The second-order valence-corrected chi connectivity index (χ2v) is 13.3. The minimum atomic E-state index is -1.39. The van der Waals surface area contributed by atoms with E-state index in [9.17, 15) is 24.3 Å². The number of allylic oxidation sites excluding steroid dienone is 1. The van der Waals surface area contributed by atoms with Gasteiger partial charge in [-0.05, 0) is 50.3 Å². The molecule has 0 unspecified atom stereocenters. The van der Waals surface area contributed by atoms with Gasteiger partial charge in [0.1, 0.15) is 23.7 Å². The topological polar surface area (TPSA) is 117 Å². The van der Waals surface area contributed by atoms with Crippen LogP contribution in [-0.2, 0) is 28.7 Å². The number of rotatable bonds is 7. The Labute approximate surface area is 285 Å². The van der Waals surface area contributed by atoms with Gasteiger partial charge in [0.15, 0.2) is 0 Å². The molecule has 1 spiro atoms. The van der Waals surface area contributed by atoms with Crippen LogP contribution in [0, 0.1) is 11.8 Å². The number of para-hydroxylation sites is 1. The van der Waals surface area contributed by atoms with Crippen molar-refractivity contribution in [2.24, 2.45) is 11.8 Å². The molecule has 1 N–H and O–H groups in total. The van der Waals surface area contributed by atoms with Gasteiger partial charge in [0.05, 0.1) is 28.8 Å². The van der Waals surface area contributed by atoms with Crippen molar-refractivity contribution in [3.05, 3.63) is 89.5 Å². The molecule has 5 bridgehead atoms. The van der Waals surface area contributed by atoms with Gasteiger partial charge in [-0.2, -0.15) is 0 Å². The summed E-state index contributed by atoms with van der Waals surface area (Å²) in [7, 11) is 1.70. The first kappa shape index (κ1) is 33.9. The molecule has 2 aromatic rings. The van der Waals surface area contributed by atoms with Crippen molar-refractivity contribution in [2.45, 2.75) is 68.9 Å². The molecule has 11 heteroatoms. The molecule has 254 valence electrons. The van der Waals surface area contributed by atoms with Crippen LogP contribution >= 0.6 is 11.6 Å². The third-order valence-corrected chi connectivity index (χ3v) is 10.5. The number of fused-ring (bicyclic) bond motifs is 2. The smallest absolute Gasteiger partial charge is 0.313 e. The average Bonchev–Trinajstić information content (AvgIpc) is 3.74. The normalized spacial score (nSPS) is 31.4. The fraction of sp³-hybridized carbons (Fsp3) is 0.459. The van der Waals surface area contributed by atoms with E-state index in [-0.39, 0.29) is 43.8 Å². The molecule has 0 radical (unpaired) electrons. The number of carbonyl (C=O) groups excluding carboxylic acids is 4. The molecular weight excluding hydrogens is 634 g/mol. The molecule has 7 atom stereocenters. The first-order chi connectivity index (χ1) is 23.2. The predicted molar refractivity (Wildman–Crippen MR) is 180 cm³/mol. The average molecular weight is 676 g/mol. The number of likely N-dealkylation sites (N-methyl/N-ethyl adjacent to an activating group) is 1. The lowest BCUT2D eigenvalue weighted by Gasteiger charge is -2.36. The van der Waals surface area contributed by atoms with Crippen LogP contribution in [0.4, 0.5) is 5.69 Å². The number of cyclic esters (lactones) is 1. The largest absolute Gasteiger partial charge is 0.455 e. The van der Waals surface area contributed by atoms with Crippen LogP contribution in [0.3, 0.4) is 0 Å². The lowest BCUT2D eigenvalue weighted by Crippen LogP contribution is -2.56. The van der Waals surface area contributed by atoms with Crippen molar-refractivity contribution in [3.8, 4) is 0 Å². The van der Waals surface area contributed by atoms with E-state index in [1.807, 2.05) is 49.4 Å². The minimum Gasteiger partial charge on any atom is -0.455 e. The maximum Gasteiger partial charge on any atom is 0.313 e. The Morgan fingerprint density at radius 3 is 2.46 bits per heavy atom. The number of unbranched alkanes of at least 4 members (excludes halogenated alkanes) is 2. The quantitative estimate of drug-likeness (QED) is 0.262. The second kappa shape index (κ2) is 14.2. The number of anilines is 1. The van der Waals surface area contributed by atoms with Crippen LogP contribution in [0.2, 0.25) is 5.02 Å². The van der Waals surface area contributed by atoms with Gasteiger partial charge in [-0.25, -0.2) is 0 Å². The SMILES string of the molecule is C[C@@H]1[C@@H](c2ccccc2)OC(=O)[C@@H]2[C@@H]3C=C[C@]4(O3)[C@H](C(=O)N(c3ccccc3Cl)C/C=C\CCC(=O)N1C)N(CCCCCO)C(=O)[C@@H]24. The summed E-state index contributed by atoms with van der Waals surface area (Å²) < 4.78 is 12.8. The van der Waals surface area contributed by atoms with Gasteiger partial charge < -0.3 is 29.3 Å². The summed E-state index contributed by atoms with van der Waals surface area (Å²) in [6.07, 6.45) is 8.08. The van der Waals surface area contributed by atoms with Crippen molar-refractivity contribution in [3.63, 3.8) is 0 Å². The first-order valence-electron chi connectivity index (χ1n) is 16.7. The lowest BCUT2D eigenvalue weighted by molar-refractivity contribution is -0.164. The van der Waals surface area contributed by atoms with Crippen molar-refractivity contribution < 1.29 is 33.8 Å². The summed E-state index contributed by atoms with van der Waals surface area (Å²) in [5.74, 6) is -3.46. The summed E-state index contributed by atoms with van der Waals surface area (Å²) in [6, 6.07) is 14.7. The van der Waals surface area contributed by atoms with Crippen LogP contribution in [-0.4, -0.2) is 89.1 Å². The number of ether oxygens (including phenoxy) is 2. The van der Waals surface area contributed by atoms with Gasteiger partial charge in [0.25, 0.3) is 5.91 Å². The molecule has 0 aliphatic carbocycles. The zero-order valence-corrected chi connectivity index (χ0v) is 28.0. The van der Waals surface area contributed by atoms with Gasteiger partial charge in [0, 0.05) is 33.2 Å². The Morgan fingerprint density at radius 1 is 0.958 bits per heavy atom. The van der Waals surface area contributed by atoms with Crippen molar-refractivity contribution >= 4 is 41.0 Å². The zero-order chi connectivity index (χ0) is 34.0. The van der Waals surface area contributed by atoms with E-state index >= 15 is 0 Å². The number of aliphatic hydroxyl groups excluding tert-OH is 1. The third-order valence-electron chi connectivity index (χ3n) is 10.1. The van der Waals surface area contributed by atoms with E-state index in [2.05, 4.69) is 0 Å². The van der Waals surface area contributed by atoms with Crippen LogP contribution in [0.15, 0.2) is 78.9 Å². The number of nitrogens with zero attached hydrogens (tertiary/aromatic N) is 3. The minimum absolute atomic E-state index is 0.0265. The summed E-state index contributed by atoms with van der Waals surface area (Å²) in [5.41, 5.74) is -0.198. The summed E-state index contributed by atoms with van der Waals surface area (Å²) in [6.45, 7) is 2.26. The molecule has 0 aromatic heterocycles. The number of amides is 3. The lowest BCUT2D eigenvalue weighted by atomic mass is 9.74. The number of hydrogen-bond donors (Lipinski definition) is 1. The van der Waals surface area contributed by atoms with Crippen molar-refractivity contribution in [1.82, 2.24) is 9.80 Å². The molecule has 10 nitrogen and oxygen atoms in total. The van der Waals surface area contributed by atoms with Crippen molar-refractivity contribution in [2.75, 3.05) is 31.6 Å². The molecule has 2 saturated heterocycles. The monoisotopic (exact) mass is 675 g/mol. The van der Waals surface area contributed by atoms with E-state index in [0.717, 1.165) is 5.56 Å². The number of esters is 1. The molecule has 4 aliphatic heterocycles. The maximum absolute atomic E-state index is 14.9. The van der Waals surface area contributed by atoms with E-state index < -0.39 is 47.7 Å². The predicted octanol–water partition coefficient (Wildman–Crippen LogP) is 4.47.